The van der Waals surface area contributed by atoms with E-state index in [4.69, 9.17) is 0 Å². The second-order valence-electron chi connectivity index (χ2n) is 7.48. The zero-order chi connectivity index (χ0) is 17.6. The number of piperazine rings is 1. The minimum atomic E-state index is -0.0873. The van der Waals surface area contributed by atoms with Crippen LogP contribution < -0.4 is 10.6 Å². The number of carbonyl (C=O) groups excluding carboxylic acids is 1. The first-order valence-electron chi connectivity index (χ1n) is 8.79. The summed E-state index contributed by atoms with van der Waals surface area (Å²) in [6.45, 7) is 12.8. The van der Waals surface area contributed by atoms with Crippen molar-refractivity contribution in [1.82, 2.24) is 30.2 Å². The van der Waals surface area contributed by atoms with Gasteiger partial charge in [-0.25, -0.2) is 4.79 Å². The third-order valence-corrected chi connectivity index (χ3v) is 4.78. The molecule has 1 saturated heterocycles. The van der Waals surface area contributed by atoms with Gasteiger partial charge in [0.25, 0.3) is 0 Å². The minimum Gasteiger partial charge on any atom is -0.338 e. The molecular weight excluding hydrogens is 304 g/mol. The predicted octanol–water partition coefficient (Wildman–Crippen LogP) is 0.844. The molecule has 1 aliphatic rings. The average Bonchev–Trinajstić information content (AvgIpc) is 3.01. The maximum atomic E-state index is 11.9. The molecule has 2 amide bonds. The van der Waals surface area contributed by atoms with Crippen LogP contribution in [0.5, 0.6) is 0 Å². The molecule has 1 aromatic rings. The number of likely N-dealkylation sites (N-methyl/N-ethyl adjacent to an activating group) is 1. The van der Waals surface area contributed by atoms with Crippen LogP contribution in [0.3, 0.4) is 0 Å². The van der Waals surface area contributed by atoms with Gasteiger partial charge in [0.1, 0.15) is 0 Å². The Balaban J connectivity index is 1.58. The van der Waals surface area contributed by atoms with Gasteiger partial charge in [-0.15, -0.1) is 0 Å². The summed E-state index contributed by atoms with van der Waals surface area (Å²) in [6, 6.07) is 1.82. The number of aromatic nitrogens is 2. The lowest BCUT2D eigenvalue weighted by molar-refractivity contribution is 0.0410. The fourth-order valence-corrected chi connectivity index (χ4v) is 2.98. The van der Waals surface area contributed by atoms with Crippen LogP contribution in [0.2, 0.25) is 0 Å². The molecule has 7 nitrogen and oxygen atoms in total. The van der Waals surface area contributed by atoms with Crippen molar-refractivity contribution in [3.8, 4) is 0 Å². The fraction of sp³-hybridized carbons (Fsp3) is 0.765. The molecule has 1 aliphatic heterocycles. The molecule has 0 saturated carbocycles. The molecule has 1 atom stereocenters. The van der Waals surface area contributed by atoms with Crippen LogP contribution in [0.4, 0.5) is 4.79 Å². The van der Waals surface area contributed by atoms with Gasteiger partial charge in [-0.3, -0.25) is 14.5 Å². The smallest absolute Gasteiger partial charge is 0.314 e. The van der Waals surface area contributed by atoms with Crippen molar-refractivity contribution < 1.29 is 4.79 Å². The van der Waals surface area contributed by atoms with E-state index in [2.05, 4.69) is 53.4 Å². The molecule has 0 aliphatic carbocycles. The molecule has 0 aromatic carbocycles. The predicted molar refractivity (Wildman–Crippen MR) is 95.9 cm³/mol. The minimum absolute atomic E-state index is 0.0873. The average molecular weight is 336 g/mol. The number of hydrogen-bond donors (Lipinski definition) is 2. The lowest BCUT2D eigenvalue weighted by Crippen LogP contribution is -2.58. The van der Waals surface area contributed by atoms with Crippen molar-refractivity contribution in [2.45, 2.75) is 32.9 Å². The van der Waals surface area contributed by atoms with E-state index in [0.29, 0.717) is 19.0 Å². The van der Waals surface area contributed by atoms with Gasteiger partial charge in [0.2, 0.25) is 0 Å². The summed E-state index contributed by atoms with van der Waals surface area (Å²) in [6.07, 6.45) is 3.71. The first-order chi connectivity index (χ1) is 11.4. The topological polar surface area (TPSA) is 65.4 Å². The second kappa shape index (κ2) is 8.48. The molecule has 0 radical (unpaired) electrons. The lowest BCUT2D eigenvalue weighted by Gasteiger charge is -2.45. The van der Waals surface area contributed by atoms with E-state index in [1.54, 1.807) is 6.20 Å². The summed E-state index contributed by atoms with van der Waals surface area (Å²) in [7, 11) is 2.17. The lowest BCUT2D eigenvalue weighted by atomic mass is 10.00. The quantitative estimate of drug-likeness (QED) is 0.775. The van der Waals surface area contributed by atoms with E-state index >= 15 is 0 Å². The van der Waals surface area contributed by atoms with Gasteiger partial charge in [0.15, 0.2) is 0 Å². The molecule has 0 unspecified atom stereocenters. The second-order valence-corrected chi connectivity index (χ2v) is 7.48. The van der Waals surface area contributed by atoms with Crippen LogP contribution in [-0.2, 0) is 6.54 Å². The first kappa shape index (κ1) is 18.7. The molecule has 1 fully saturated rings. The highest BCUT2D eigenvalue weighted by Crippen LogP contribution is 2.18. The van der Waals surface area contributed by atoms with Crippen LogP contribution in [0, 0.1) is 5.92 Å². The van der Waals surface area contributed by atoms with Crippen LogP contribution >= 0.6 is 0 Å². The Kier molecular flexibility index (Phi) is 6.62. The van der Waals surface area contributed by atoms with Crippen LogP contribution in [0.1, 0.15) is 20.8 Å². The van der Waals surface area contributed by atoms with Crippen LogP contribution in [0.15, 0.2) is 18.5 Å². The monoisotopic (exact) mass is 336 g/mol. The highest BCUT2D eigenvalue weighted by Gasteiger charge is 2.30. The van der Waals surface area contributed by atoms with E-state index in [0.717, 1.165) is 32.7 Å². The highest BCUT2D eigenvalue weighted by atomic mass is 16.2. The van der Waals surface area contributed by atoms with E-state index in [1.165, 1.54) is 0 Å². The van der Waals surface area contributed by atoms with Gasteiger partial charge in [-0.05, 0) is 32.9 Å². The molecule has 0 bridgehead atoms. The molecule has 0 spiro atoms. The molecule has 2 heterocycles. The number of hydrogen-bond acceptors (Lipinski definition) is 4. The third-order valence-electron chi connectivity index (χ3n) is 4.78. The molecule has 2 N–H and O–H groups in total. The van der Waals surface area contributed by atoms with Crippen molar-refractivity contribution in [2.75, 3.05) is 46.3 Å². The number of urea groups is 1. The number of amides is 2. The van der Waals surface area contributed by atoms with Crippen LogP contribution in [-0.4, -0.2) is 77.5 Å². The maximum Gasteiger partial charge on any atom is 0.314 e. The number of rotatable bonds is 7. The molecule has 2 rings (SSSR count). The van der Waals surface area contributed by atoms with Gasteiger partial charge in [-0.2, -0.15) is 5.10 Å². The normalized spacial score (nSPS) is 19.8. The summed E-state index contributed by atoms with van der Waals surface area (Å²) in [5, 5.41) is 10.1. The van der Waals surface area contributed by atoms with Gasteiger partial charge < -0.3 is 10.6 Å². The Bertz CT molecular complexity index is 501. The summed E-state index contributed by atoms with van der Waals surface area (Å²) in [5.74, 6) is 0.342. The van der Waals surface area contributed by atoms with E-state index in [9.17, 15) is 4.79 Å². The summed E-state index contributed by atoms with van der Waals surface area (Å²) < 4.78 is 1.89. The maximum absolute atomic E-state index is 11.9. The summed E-state index contributed by atoms with van der Waals surface area (Å²) >= 11 is 0. The molecule has 24 heavy (non-hydrogen) atoms. The number of nitrogens with one attached hydrogen (secondary N) is 2. The summed E-state index contributed by atoms with van der Waals surface area (Å²) in [5.41, 5.74) is 0.197. The fourth-order valence-electron chi connectivity index (χ4n) is 2.98. The summed E-state index contributed by atoms with van der Waals surface area (Å²) in [4.78, 5) is 16.7. The Hall–Kier alpha value is -1.60. The number of carbonyl (C=O) groups is 1. The van der Waals surface area contributed by atoms with Gasteiger partial charge in [0.05, 0.1) is 0 Å². The van der Waals surface area contributed by atoms with Crippen LogP contribution in [0.25, 0.3) is 0 Å². The Morgan fingerprint density at radius 2 is 2.12 bits per heavy atom. The highest BCUT2D eigenvalue weighted by molar-refractivity contribution is 5.73. The molecule has 1 aromatic heterocycles. The number of nitrogens with zero attached hydrogens (tertiary/aromatic N) is 4. The van der Waals surface area contributed by atoms with E-state index in [1.807, 2.05) is 16.9 Å². The Morgan fingerprint density at radius 3 is 2.79 bits per heavy atom. The Morgan fingerprint density at radius 1 is 1.33 bits per heavy atom. The molecule has 7 heteroatoms. The van der Waals surface area contributed by atoms with Crippen molar-refractivity contribution in [3.05, 3.63) is 18.5 Å². The third kappa shape index (κ3) is 5.79. The van der Waals surface area contributed by atoms with Crippen molar-refractivity contribution in [3.63, 3.8) is 0 Å². The van der Waals surface area contributed by atoms with E-state index in [-0.39, 0.29) is 11.6 Å². The zero-order valence-electron chi connectivity index (χ0n) is 15.5. The van der Waals surface area contributed by atoms with Gasteiger partial charge >= 0.3 is 6.03 Å². The molecular formula is C17H32N6O. The molecule has 136 valence electrons. The first-order valence-corrected chi connectivity index (χ1v) is 8.79. The van der Waals surface area contributed by atoms with Crippen molar-refractivity contribution in [2.24, 2.45) is 5.92 Å². The van der Waals surface area contributed by atoms with Crippen molar-refractivity contribution >= 4 is 6.03 Å². The van der Waals surface area contributed by atoms with E-state index < -0.39 is 0 Å². The standard InChI is InChI=1S/C17H32N6O/c1-15(13-23-8-5-6-20-23)12-19-16(24)18-7-9-22-11-10-21(4)17(2,3)14-22/h5-6,8,15H,7,9-14H2,1-4H3,(H2,18,19,24)/t15-/m1/s1. The van der Waals surface area contributed by atoms with Crippen molar-refractivity contribution in [1.29, 1.82) is 0 Å². The van der Waals surface area contributed by atoms with Gasteiger partial charge in [0, 0.05) is 63.7 Å². The van der Waals surface area contributed by atoms with Gasteiger partial charge in [-0.1, -0.05) is 6.92 Å². The Labute approximate surface area is 145 Å². The largest absolute Gasteiger partial charge is 0.338 e. The SMILES string of the molecule is C[C@H](CNC(=O)NCCN1CCN(C)C(C)(C)C1)Cn1cccn1. The zero-order valence-corrected chi connectivity index (χ0v) is 15.5.